The number of aliphatic hydroxyl groups is 1. The average molecular weight is 252 g/mol. The van der Waals surface area contributed by atoms with Crippen LogP contribution in [0.25, 0.3) is 0 Å². The zero-order chi connectivity index (χ0) is 10.4. The van der Waals surface area contributed by atoms with E-state index in [1.807, 2.05) is 0 Å². The van der Waals surface area contributed by atoms with Gasteiger partial charge in [0.05, 0.1) is 11.5 Å². The zero-order valence-electron chi connectivity index (χ0n) is 8.12. The number of nitrogens with zero attached hydrogens (tertiary/aromatic N) is 1. The molecule has 0 amide bonds. The van der Waals surface area contributed by atoms with E-state index >= 15 is 0 Å². The van der Waals surface area contributed by atoms with Gasteiger partial charge >= 0.3 is 0 Å². The van der Waals surface area contributed by atoms with Gasteiger partial charge in [-0.2, -0.15) is 0 Å². The summed E-state index contributed by atoms with van der Waals surface area (Å²) in [5, 5.41) is 9.37. The summed E-state index contributed by atoms with van der Waals surface area (Å²) in [6.07, 6.45) is 3.72. The lowest BCUT2D eigenvalue weighted by molar-refractivity contribution is 0.285. The molecule has 0 saturated carbocycles. The lowest BCUT2D eigenvalue weighted by Crippen LogP contribution is -1.78. The topological polar surface area (TPSA) is 33.1 Å². The molecule has 0 aliphatic carbocycles. The van der Waals surface area contributed by atoms with Gasteiger partial charge in [-0.25, -0.2) is 4.98 Å². The van der Waals surface area contributed by atoms with Crippen LogP contribution in [0.1, 0.15) is 31.1 Å². The molecule has 0 unspecified atom stereocenters. The van der Waals surface area contributed by atoms with Crippen molar-refractivity contribution in [2.24, 2.45) is 0 Å². The number of aliphatic hydroxyl groups excluding tert-OH is 1. The molecule has 5 heteroatoms. The number of aromatic nitrogens is 1. The Labute approximate surface area is 97.7 Å². The van der Waals surface area contributed by atoms with E-state index in [9.17, 15) is 0 Å². The molecular formula is C9H14ClNOS2. The first-order valence-electron chi connectivity index (χ1n) is 4.66. The SMILES string of the molecule is CCCCCSc1nc(Cl)c(CO)s1. The van der Waals surface area contributed by atoms with Crippen LogP contribution in [0, 0.1) is 0 Å². The fourth-order valence-electron chi connectivity index (χ4n) is 0.984. The number of halogens is 1. The predicted octanol–water partition coefficient (Wildman–Crippen LogP) is 3.57. The van der Waals surface area contributed by atoms with Crippen molar-refractivity contribution in [2.45, 2.75) is 37.1 Å². The van der Waals surface area contributed by atoms with Gasteiger partial charge in [-0.05, 0) is 6.42 Å². The molecule has 0 aromatic carbocycles. The van der Waals surface area contributed by atoms with Gasteiger partial charge in [-0.15, -0.1) is 11.3 Å². The standard InChI is InChI=1S/C9H14ClNOS2/c1-2-3-4-5-13-9-11-8(10)7(6-12)14-9/h12H,2-6H2,1H3. The Balaban J connectivity index is 2.35. The first kappa shape index (κ1) is 12.3. The van der Waals surface area contributed by atoms with Crippen LogP contribution in [-0.2, 0) is 6.61 Å². The van der Waals surface area contributed by atoms with Crippen molar-refractivity contribution >= 4 is 34.7 Å². The van der Waals surface area contributed by atoms with Crippen LogP contribution in [0.3, 0.4) is 0 Å². The third kappa shape index (κ3) is 3.77. The number of unbranched alkanes of at least 4 members (excludes halogenated alkanes) is 2. The first-order valence-corrected chi connectivity index (χ1v) is 6.84. The van der Waals surface area contributed by atoms with E-state index in [2.05, 4.69) is 11.9 Å². The summed E-state index contributed by atoms with van der Waals surface area (Å²) in [7, 11) is 0. The molecule has 0 spiro atoms. The first-order chi connectivity index (χ1) is 6.77. The summed E-state index contributed by atoms with van der Waals surface area (Å²) in [5.41, 5.74) is 0. The Hall–Kier alpha value is 0.230. The van der Waals surface area contributed by atoms with Gasteiger partial charge in [0.15, 0.2) is 4.34 Å². The second-order valence-electron chi connectivity index (χ2n) is 2.91. The normalized spacial score (nSPS) is 10.8. The van der Waals surface area contributed by atoms with Crippen molar-refractivity contribution in [3.05, 3.63) is 10.0 Å². The van der Waals surface area contributed by atoms with Crippen molar-refractivity contribution in [2.75, 3.05) is 5.75 Å². The van der Waals surface area contributed by atoms with Crippen LogP contribution >= 0.6 is 34.7 Å². The molecule has 1 N–H and O–H groups in total. The summed E-state index contributed by atoms with van der Waals surface area (Å²) in [6.45, 7) is 2.18. The highest BCUT2D eigenvalue weighted by Gasteiger charge is 2.07. The monoisotopic (exact) mass is 251 g/mol. The second kappa shape index (κ2) is 6.67. The number of hydrogen-bond donors (Lipinski definition) is 1. The van der Waals surface area contributed by atoms with Crippen LogP contribution in [-0.4, -0.2) is 15.8 Å². The highest BCUT2D eigenvalue weighted by atomic mass is 35.5. The summed E-state index contributed by atoms with van der Waals surface area (Å²) in [6, 6.07) is 0. The van der Waals surface area contributed by atoms with Gasteiger partial charge in [0.1, 0.15) is 5.15 Å². The smallest absolute Gasteiger partial charge is 0.152 e. The number of thiazole rings is 1. The van der Waals surface area contributed by atoms with E-state index in [0.29, 0.717) is 5.15 Å². The van der Waals surface area contributed by atoms with E-state index in [4.69, 9.17) is 16.7 Å². The second-order valence-corrected chi connectivity index (χ2v) is 5.69. The summed E-state index contributed by atoms with van der Waals surface area (Å²) in [5.74, 6) is 1.09. The summed E-state index contributed by atoms with van der Waals surface area (Å²) >= 11 is 9.02. The summed E-state index contributed by atoms with van der Waals surface area (Å²) < 4.78 is 0.968. The number of thioether (sulfide) groups is 1. The molecule has 1 rings (SSSR count). The molecular weight excluding hydrogens is 238 g/mol. The Bertz CT molecular complexity index is 278. The van der Waals surface area contributed by atoms with Crippen LogP contribution in [0.2, 0.25) is 5.15 Å². The molecule has 2 nitrogen and oxygen atoms in total. The molecule has 0 atom stereocenters. The number of hydrogen-bond acceptors (Lipinski definition) is 4. The predicted molar refractivity (Wildman–Crippen MR) is 63.3 cm³/mol. The van der Waals surface area contributed by atoms with Crippen molar-refractivity contribution < 1.29 is 5.11 Å². The average Bonchev–Trinajstić information content (AvgIpc) is 2.54. The minimum atomic E-state index is -0.00792. The third-order valence-electron chi connectivity index (χ3n) is 1.75. The Morgan fingerprint density at radius 2 is 2.29 bits per heavy atom. The number of rotatable bonds is 6. The minimum Gasteiger partial charge on any atom is -0.391 e. The van der Waals surface area contributed by atoms with Crippen molar-refractivity contribution in [3.8, 4) is 0 Å². The Morgan fingerprint density at radius 1 is 1.50 bits per heavy atom. The molecule has 0 aliphatic rings. The fourth-order valence-corrected chi connectivity index (χ4v) is 3.35. The molecule has 0 fully saturated rings. The lowest BCUT2D eigenvalue weighted by Gasteiger charge is -1.95. The maximum absolute atomic E-state index is 8.92. The van der Waals surface area contributed by atoms with Crippen LogP contribution in [0.5, 0.6) is 0 Å². The molecule has 0 aliphatic heterocycles. The largest absolute Gasteiger partial charge is 0.391 e. The third-order valence-corrected chi connectivity index (χ3v) is 4.44. The van der Waals surface area contributed by atoms with Gasteiger partial charge in [0.25, 0.3) is 0 Å². The molecule has 1 heterocycles. The van der Waals surface area contributed by atoms with Gasteiger partial charge in [-0.3, -0.25) is 0 Å². The Kier molecular flexibility index (Phi) is 5.86. The van der Waals surface area contributed by atoms with E-state index in [-0.39, 0.29) is 6.61 Å². The maximum atomic E-state index is 8.92. The zero-order valence-corrected chi connectivity index (χ0v) is 10.5. The van der Waals surface area contributed by atoms with E-state index in [1.54, 1.807) is 11.8 Å². The highest BCUT2D eigenvalue weighted by molar-refractivity contribution is 8.01. The fraction of sp³-hybridized carbons (Fsp3) is 0.667. The Morgan fingerprint density at radius 3 is 2.86 bits per heavy atom. The van der Waals surface area contributed by atoms with Crippen LogP contribution in [0.4, 0.5) is 0 Å². The van der Waals surface area contributed by atoms with E-state index < -0.39 is 0 Å². The molecule has 14 heavy (non-hydrogen) atoms. The van der Waals surface area contributed by atoms with E-state index in [1.165, 1.54) is 30.6 Å². The highest BCUT2D eigenvalue weighted by Crippen LogP contribution is 2.30. The molecule has 80 valence electrons. The lowest BCUT2D eigenvalue weighted by atomic mass is 10.3. The van der Waals surface area contributed by atoms with Crippen LogP contribution in [0.15, 0.2) is 4.34 Å². The minimum absolute atomic E-state index is 0.00792. The van der Waals surface area contributed by atoms with Gasteiger partial charge in [0.2, 0.25) is 0 Å². The molecule has 1 aromatic heterocycles. The summed E-state index contributed by atoms with van der Waals surface area (Å²) in [4.78, 5) is 4.93. The molecule has 0 bridgehead atoms. The molecule has 1 aromatic rings. The molecule has 0 saturated heterocycles. The molecule has 0 radical (unpaired) electrons. The van der Waals surface area contributed by atoms with Gasteiger partial charge in [-0.1, -0.05) is 43.1 Å². The quantitative estimate of drug-likeness (QED) is 0.620. The maximum Gasteiger partial charge on any atom is 0.152 e. The van der Waals surface area contributed by atoms with E-state index in [0.717, 1.165) is 15.0 Å². The van der Waals surface area contributed by atoms with Gasteiger partial charge in [0, 0.05) is 5.75 Å². The van der Waals surface area contributed by atoms with Crippen LogP contribution < -0.4 is 0 Å². The van der Waals surface area contributed by atoms with Crippen molar-refractivity contribution in [3.63, 3.8) is 0 Å². The van der Waals surface area contributed by atoms with Gasteiger partial charge < -0.3 is 5.11 Å². The van der Waals surface area contributed by atoms with Crippen molar-refractivity contribution in [1.29, 1.82) is 0 Å². The van der Waals surface area contributed by atoms with Crippen molar-refractivity contribution in [1.82, 2.24) is 4.98 Å².